The fourth-order valence-corrected chi connectivity index (χ4v) is 6.02. The third-order valence-corrected chi connectivity index (χ3v) is 12.3. The van der Waals surface area contributed by atoms with Crippen molar-refractivity contribution in [3.8, 4) is 0 Å². The number of amides is 1. The Hall–Kier alpha value is -1.71. The van der Waals surface area contributed by atoms with E-state index in [1.54, 1.807) is 6.33 Å². The first-order valence-corrected chi connectivity index (χ1v) is 14.8. The van der Waals surface area contributed by atoms with Crippen LogP contribution < -0.4 is 0 Å². The van der Waals surface area contributed by atoms with Crippen LogP contribution in [-0.2, 0) is 15.8 Å². The van der Waals surface area contributed by atoms with Crippen LogP contribution in [0.1, 0.15) is 52.0 Å². The quantitative estimate of drug-likeness (QED) is 0.472. The minimum atomic E-state index is -2.34. The Morgan fingerprint density at radius 2 is 1.97 bits per heavy atom. The highest BCUT2D eigenvalue weighted by molar-refractivity contribution is 9.10. The van der Waals surface area contributed by atoms with E-state index in [1.165, 1.54) is 4.90 Å². The molecule has 1 atom stereocenters. The van der Waals surface area contributed by atoms with Crippen LogP contribution in [-0.4, -0.2) is 52.0 Å². The number of rotatable bonds is 6. The van der Waals surface area contributed by atoms with Crippen molar-refractivity contribution >= 4 is 47.2 Å². The topological polar surface area (TPSA) is 84.7 Å². The number of nitrogens with zero attached hydrogens (tertiary/aromatic N) is 3. The molecule has 1 aliphatic heterocycles. The van der Waals surface area contributed by atoms with Gasteiger partial charge in [-0.1, -0.05) is 36.7 Å². The molecule has 1 fully saturated rings. The lowest BCUT2D eigenvalue weighted by Crippen LogP contribution is -2.62. The summed E-state index contributed by atoms with van der Waals surface area (Å²) in [7, 11) is -2.34. The molecule has 2 heterocycles. The van der Waals surface area contributed by atoms with Crippen molar-refractivity contribution in [1.82, 2.24) is 14.5 Å². The van der Waals surface area contributed by atoms with Crippen molar-refractivity contribution in [2.45, 2.75) is 83.8 Å². The van der Waals surface area contributed by atoms with Crippen LogP contribution in [0.5, 0.6) is 0 Å². The van der Waals surface area contributed by atoms with E-state index in [1.807, 2.05) is 23.6 Å². The number of aryl methyl sites for hydroxylation is 1. The van der Waals surface area contributed by atoms with Gasteiger partial charge in [0.2, 0.25) is 0 Å². The average molecular weight is 525 g/mol. The van der Waals surface area contributed by atoms with Crippen LogP contribution >= 0.6 is 15.9 Å². The number of fused-ring (bicyclic) bond motifs is 1. The Labute approximate surface area is 199 Å². The maximum Gasteiger partial charge on any atom is 0.409 e. The number of hydrogen-bond donors (Lipinski definition) is 1. The van der Waals surface area contributed by atoms with Crippen molar-refractivity contribution in [3.63, 3.8) is 0 Å². The molecule has 1 saturated heterocycles. The lowest BCUT2D eigenvalue weighted by Gasteiger charge is -2.51. The van der Waals surface area contributed by atoms with Gasteiger partial charge in [-0.3, -0.25) is 9.69 Å². The van der Waals surface area contributed by atoms with E-state index >= 15 is 0 Å². The molecule has 1 N–H and O–H groups in total. The molecule has 1 aromatic carbocycles. The van der Waals surface area contributed by atoms with E-state index in [0.29, 0.717) is 13.0 Å². The smallest absolute Gasteiger partial charge is 0.409 e. The number of aromatic nitrogens is 2. The van der Waals surface area contributed by atoms with Crippen LogP contribution in [0.15, 0.2) is 22.9 Å². The van der Waals surface area contributed by atoms with E-state index in [0.717, 1.165) is 33.9 Å². The molecule has 0 radical (unpaired) electrons. The van der Waals surface area contributed by atoms with Gasteiger partial charge < -0.3 is 14.1 Å². The van der Waals surface area contributed by atoms with Crippen molar-refractivity contribution in [2.24, 2.45) is 0 Å². The molecule has 32 heavy (non-hydrogen) atoms. The minimum absolute atomic E-state index is 0.0427. The van der Waals surface area contributed by atoms with E-state index in [2.05, 4.69) is 54.8 Å². The number of carbonyl (C=O) groups is 2. The first-order chi connectivity index (χ1) is 14.8. The van der Waals surface area contributed by atoms with Crippen molar-refractivity contribution in [1.29, 1.82) is 0 Å². The van der Waals surface area contributed by atoms with Gasteiger partial charge in [-0.15, -0.1) is 0 Å². The monoisotopic (exact) mass is 523 g/mol. The zero-order chi connectivity index (χ0) is 23.9. The van der Waals surface area contributed by atoms with Gasteiger partial charge in [0, 0.05) is 11.0 Å². The number of benzene rings is 1. The van der Waals surface area contributed by atoms with Crippen LogP contribution in [0.2, 0.25) is 18.1 Å². The van der Waals surface area contributed by atoms with Gasteiger partial charge in [0.15, 0.2) is 14.1 Å². The maximum atomic E-state index is 13.3. The molecule has 1 aliphatic rings. The Morgan fingerprint density at radius 1 is 1.28 bits per heavy atom. The highest BCUT2D eigenvalue weighted by atomic mass is 79.9. The van der Waals surface area contributed by atoms with Gasteiger partial charge in [0.05, 0.1) is 30.3 Å². The number of carbonyl (C=O) groups excluding carboxylic acids is 1. The molecular formula is C23H34BrN3O4Si. The Bertz CT molecular complexity index is 1030. The van der Waals surface area contributed by atoms with E-state index in [-0.39, 0.29) is 23.8 Å². The lowest BCUT2D eigenvalue weighted by atomic mass is 9.93. The zero-order valence-corrected chi connectivity index (χ0v) is 22.5. The van der Waals surface area contributed by atoms with E-state index in [4.69, 9.17) is 4.43 Å². The van der Waals surface area contributed by atoms with Crippen LogP contribution in [0.3, 0.4) is 0 Å². The number of halogens is 1. The molecule has 0 aliphatic carbocycles. The molecule has 176 valence electrons. The molecule has 0 saturated carbocycles. The second-order valence-electron chi connectivity index (χ2n) is 10.3. The maximum absolute atomic E-state index is 13.3. The molecule has 1 aromatic heterocycles. The predicted molar refractivity (Wildman–Crippen MR) is 131 cm³/mol. The largest absolute Gasteiger partial charge is 0.465 e. The SMILES string of the molecule is Cc1c(Br)ccc2c1ncn2CC(=O)C[C@]1(O[Si](C)(C)C(C)(C)C)CCCCN1C(=O)O. The summed E-state index contributed by atoms with van der Waals surface area (Å²) in [6, 6.07) is 3.90. The Kier molecular flexibility index (Phi) is 6.94. The molecule has 0 bridgehead atoms. The Balaban J connectivity index is 1.92. The molecule has 3 rings (SSSR count). The highest BCUT2D eigenvalue weighted by Crippen LogP contribution is 2.44. The molecular weight excluding hydrogens is 490 g/mol. The molecule has 0 unspecified atom stereocenters. The zero-order valence-electron chi connectivity index (χ0n) is 19.9. The summed E-state index contributed by atoms with van der Waals surface area (Å²) in [5.74, 6) is -0.0586. The van der Waals surface area contributed by atoms with E-state index < -0.39 is 20.1 Å². The standard InChI is InChI=1S/C23H34BrN3O4Si/c1-16-18(24)9-10-19-20(16)25-15-26(19)14-17(28)13-23(31-32(5,6)22(2,3)4)11-7-8-12-27(23)21(29)30/h9-10,15H,7-8,11-14H2,1-6H3,(H,29,30)/t23-/m1/s1. The van der Waals surface area contributed by atoms with Gasteiger partial charge in [-0.2, -0.15) is 0 Å². The lowest BCUT2D eigenvalue weighted by molar-refractivity contribution is -0.139. The molecule has 2 aromatic rings. The summed E-state index contributed by atoms with van der Waals surface area (Å²) in [4.78, 5) is 31.4. The van der Waals surface area contributed by atoms with Crippen molar-refractivity contribution in [2.75, 3.05) is 6.54 Å². The molecule has 1 amide bonds. The minimum Gasteiger partial charge on any atom is -0.465 e. The number of Topliss-reactive ketones (excluding diaryl/α,β-unsaturated/α-hetero) is 1. The number of imidazole rings is 1. The molecule has 0 spiro atoms. The van der Waals surface area contributed by atoms with Crippen LogP contribution in [0.25, 0.3) is 11.0 Å². The second kappa shape index (κ2) is 8.91. The summed E-state index contributed by atoms with van der Waals surface area (Å²) in [6.07, 6.45) is 2.86. The van der Waals surface area contributed by atoms with Gasteiger partial charge in [-0.25, -0.2) is 9.78 Å². The molecule has 7 nitrogen and oxygen atoms in total. The predicted octanol–water partition coefficient (Wildman–Crippen LogP) is 5.95. The second-order valence-corrected chi connectivity index (χ2v) is 15.9. The summed E-state index contributed by atoms with van der Waals surface area (Å²) in [6.45, 7) is 13.1. The number of likely N-dealkylation sites (tertiary alicyclic amines) is 1. The third-order valence-electron chi connectivity index (χ3n) is 6.97. The molecule has 9 heteroatoms. The van der Waals surface area contributed by atoms with Crippen LogP contribution in [0, 0.1) is 6.92 Å². The number of carboxylic acid groups (broad SMARTS) is 1. The van der Waals surface area contributed by atoms with Gasteiger partial charge in [0.1, 0.15) is 5.72 Å². The first kappa shape index (κ1) is 24.9. The van der Waals surface area contributed by atoms with E-state index in [9.17, 15) is 14.7 Å². The number of piperidine rings is 1. The summed E-state index contributed by atoms with van der Waals surface area (Å²) < 4.78 is 9.56. The number of ketones is 1. The van der Waals surface area contributed by atoms with Crippen LogP contribution in [0.4, 0.5) is 4.79 Å². The van der Waals surface area contributed by atoms with Crippen molar-refractivity contribution in [3.05, 3.63) is 28.5 Å². The summed E-state index contributed by atoms with van der Waals surface area (Å²) in [5, 5.41) is 9.87. The van der Waals surface area contributed by atoms with Gasteiger partial charge in [-0.05, 0) is 62.0 Å². The highest BCUT2D eigenvalue weighted by Gasteiger charge is 2.51. The average Bonchev–Trinajstić information content (AvgIpc) is 3.06. The normalized spacial score (nSPS) is 20.0. The van der Waals surface area contributed by atoms with Gasteiger partial charge in [0.25, 0.3) is 0 Å². The Morgan fingerprint density at radius 3 is 2.59 bits per heavy atom. The summed E-state index contributed by atoms with van der Waals surface area (Å²) in [5.41, 5.74) is 1.65. The van der Waals surface area contributed by atoms with Crippen molar-refractivity contribution < 1.29 is 19.1 Å². The van der Waals surface area contributed by atoms with Gasteiger partial charge >= 0.3 is 6.09 Å². The fraction of sp³-hybridized carbons (Fsp3) is 0.609. The summed E-state index contributed by atoms with van der Waals surface area (Å²) >= 11 is 3.52. The number of hydrogen-bond acceptors (Lipinski definition) is 4. The first-order valence-electron chi connectivity index (χ1n) is 11.1. The fourth-order valence-electron chi connectivity index (χ4n) is 4.16. The third kappa shape index (κ3) is 4.79.